The molecule has 0 amide bonds. The van der Waals surface area contributed by atoms with Gasteiger partial charge in [-0.2, -0.15) is 0 Å². The summed E-state index contributed by atoms with van der Waals surface area (Å²) in [4.78, 5) is 0. The van der Waals surface area contributed by atoms with Gasteiger partial charge in [0.05, 0.1) is 0 Å². The summed E-state index contributed by atoms with van der Waals surface area (Å²) in [6, 6.07) is 0. The van der Waals surface area contributed by atoms with Crippen LogP contribution in [0.2, 0.25) is 0 Å². The van der Waals surface area contributed by atoms with E-state index in [-0.39, 0.29) is 11.0 Å². The van der Waals surface area contributed by atoms with Crippen molar-refractivity contribution in [2.75, 3.05) is 6.54 Å². The topological polar surface area (TPSA) is 3.01 Å². The van der Waals surface area contributed by atoms with Gasteiger partial charge in [-0.05, 0) is 0 Å². The van der Waals surface area contributed by atoms with Gasteiger partial charge in [0.25, 0.3) is 0 Å². The van der Waals surface area contributed by atoms with Gasteiger partial charge >= 0.3 is 155 Å². The summed E-state index contributed by atoms with van der Waals surface area (Å²) < 4.78 is 7.11. The maximum absolute atomic E-state index is 3.57. The molecule has 0 spiro atoms. The molecule has 1 aliphatic heterocycles. The molecule has 0 radical (unpaired) electrons. The van der Waals surface area contributed by atoms with Crippen LogP contribution in [0.4, 0.5) is 0 Å². The summed E-state index contributed by atoms with van der Waals surface area (Å²) in [6.45, 7) is 20.9. The standard InChI is InChI=1S/C13H21N.C5H9.2W/c1-12(2,3)9-11-7-8-14(10-11)13(4,5)6;1-5(2,3)4;;/h10H,8H2,1-6H3;1-3H3;;/q;-1;;. The van der Waals surface area contributed by atoms with Gasteiger partial charge in [-0.25, -0.2) is 0 Å². The van der Waals surface area contributed by atoms with Crippen molar-refractivity contribution in [3.05, 3.63) is 11.6 Å². The minimum absolute atomic E-state index is 0.153. The van der Waals surface area contributed by atoms with Crippen LogP contribution in [0.5, 0.6) is 0 Å². The molecule has 0 saturated carbocycles. The van der Waals surface area contributed by atoms with Crippen LogP contribution in [0.25, 0.3) is 0 Å². The second-order valence-corrected chi connectivity index (χ2v) is 11.0. The van der Waals surface area contributed by atoms with Gasteiger partial charge in [-0.3, -0.25) is 0 Å². The predicted molar refractivity (Wildman–Crippen MR) is 86.6 cm³/mol. The quantitative estimate of drug-likeness (QED) is 0.285. The Labute approximate surface area is 154 Å². The van der Waals surface area contributed by atoms with E-state index in [2.05, 4.69) is 83.6 Å². The molecule has 1 rings (SSSR count). The molecule has 0 unspecified atom stereocenters. The van der Waals surface area contributed by atoms with Gasteiger partial charge in [0, 0.05) is 0 Å². The van der Waals surface area contributed by atoms with E-state index in [0.717, 1.165) is 6.54 Å². The summed E-state index contributed by atoms with van der Waals surface area (Å²) in [5, 5.41) is 0. The van der Waals surface area contributed by atoms with E-state index < -0.39 is 0 Å². The Balaban J connectivity index is 0.000000567. The molecule has 0 fully saturated rings. The zero-order valence-corrected chi connectivity index (χ0v) is 20.9. The molecule has 21 heavy (non-hydrogen) atoms. The summed E-state index contributed by atoms with van der Waals surface area (Å²) in [6.07, 6.45) is 5.84. The van der Waals surface area contributed by atoms with Gasteiger partial charge in [0.15, 0.2) is 0 Å². The van der Waals surface area contributed by atoms with Gasteiger partial charge in [0.1, 0.15) is 0 Å². The van der Waals surface area contributed by atoms with E-state index in [1.807, 2.05) is 0 Å². The van der Waals surface area contributed by atoms with Crippen LogP contribution in [-0.2, 0) is 38.7 Å². The van der Waals surface area contributed by atoms with E-state index in [1.165, 1.54) is 28.8 Å². The molecule has 0 aromatic carbocycles. The van der Waals surface area contributed by atoms with Gasteiger partial charge in [-0.15, -0.1) is 0 Å². The number of hydrogen-bond acceptors (Lipinski definition) is 0. The molecule has 1 aliphatic rings. The van der Waals surface area contributed by atoms with Gasteiger partial charge in [-0.1, -0.05) is 0 Å². The van der Waals surface area contributed by atoms with Crippen molar-refractivity contribution in [1.29, 1.82) is 0 Å². The average Bonchev–Trinajstić information content (AvgIpc) is 2.57. The maximum atomic E-state index is 3.57. The second kappa shape index (κ2) is 7.87. The minimum atomic E-state index is 0.153. The van der Waals surface area contributed by atoms with E-state index in [4.69, 9.17) is 0 Å². The van der Waals surface area contributed by atoms with Crippen LogP contribution in [0.1, 0.15) is 62.3 Å². The SMILES string of the molecule is CC(C)(C)[C-]=C1C=[N+](C(C)(C)C)C[C]1=[W].CC(C)(C)[C-]=[W]. The molecule has 1 nitrogen and oxygen atoms in total. The Morgan fingerprint density at radius 3 is 1.62 bits per heavy atom. The molecular formula is C18H30NW2-. The first-order valence-corrected chi connectivity index (χ1v) is 10.3. The van der Waals surface area contributed by atoms with Crippen molar-refractivity contribution in [2.45, 2.75) is 67.9 Å². The fourth-order valence-corrected chi connectivity index (χ4v) is 2.32. The molecular weight excluding hydrogens is 598 g/mol. The Morgan fingerprint density at radius 2 is 1.38 bits per heavy atom. The molecule has 120 valence electrons. The van der Waals surface area contributed by atoms with Gasteiger partial charge < -0.3 is 0 Å². The van der Waals surface area contributed by atoms with Crippen molar-refractivity contribution < 1.29 is 43.3 Å². The van der Waals surface area contributed by atoms with Crippen molar-refractivity contribution in [2.24, 2.45) is 10.8 Å². The van der Waals surface area contributed by atoms with E-state index in [9.17, 15) is 0 Å². The summed E-state index contributed by atoms with van der Waals surface area (Å²) in [5.74, 6) is 0. The Morgan fingerprint density at radius 1 is 0.952 bits per heavy atom. The van der Waals surface area contributed by atoms with E-state index >= 15 is 0 Å². The molecule has 0 atom stereocenters. The number of hydrogen-bond donors (Lipinski definition) is 0. The van der Waals surface area contributed by atoms with Crippen molar-refractivity contribution in [3.8, 4) is 0 Å². The van der Waals surface area contributed by atoms with Crippen LogP contribution < -0.4 is 0 Å². The van der Waals surface area contributed by atoms with Crippen LogP contribution in [0.3, 0.4) is 0 Å². The molecule has 0 bridgehead atoms. The molecule has 0 aromatic rings. The summed E-state index contributed by atoms with van der Waals surface area (Å²) in [7, 11) is 0. The molecule has 0 saturated heterocycles. The van der Waals surface area contributed by atoms with E-state index in [0.29, 0.717) is 5.41 Å². The van der Waals surface area contributed by atoms with Crippen LogP contribution in [-0.4, -0.2) is 31.2 Å². The number of allylic oxidation sites excluding steroid dienone is 1. The Bertz CT molecular complexity index is 449. The third-order valence-corrected chi connectivity index (χ3v) is 6.03. The first-order valence-electron chi connectivity index (χ1n) is 7.35. The van der Waals surface area contributed by atoms with Crippen LogP contribution in [0.15, 0.2) is 5.57 Å². The van der Waals surface area contributed by atoms with Gasteiger partial charge in [0.2, 0.25) is 0 Å². The van der Waals surface area contributed by atoms with Crippen molar-refractivity contribution in [1.82, 2.24) is 0 Å². The summed E-state index contributed by atoms with van der Waals surface area (Å²) in [5.41, 5.74) is 2.03. The normalized spacial score (nSPS) is 18.2. The second-order valence-electron chi connectivity index (χ2n) is 8.49. The molecule has 3 heteroatoms. The Kier molecular flexibility index (Phi) is 8.07. The first kappa shape index (κ1) is 21.5. The zero-order valence-electron chi connectivity index (χ0n) is 15.0. The molecule has 0 aliphatic carbocycles. The van der Waals surface area contributed by atoms with Crippen molar-refractivity contribution in [3.63, 3.8) is 0 Å². The fourth-order valence-electron chi connectivity index (χ4n) is 1.45. The third-order valence-electron chi connectivity index (χ3n) is 2.58. The summed E-state index contributed by atoms with van der Waals surface area (Å²) >= 11 is 3.01. The van der Waals surface area contributed by atoms with Crippen LogP contribution >= 0.6 is 0 Å². The zero-order chi connectivity index (χ0) is 17.1. The van der Waals surface area contributed by atoms with Crippen LogP contribution in [0, 0.1) is 16.9 Å². The molecule has 1 heterocycles. The first-order chi connectivity index (χ1) is 9.15. The third kappa shape index (κ3) is 10.0. The van der Waals surface area contributed by atoms with Crippen molar-refractivity contribution >= 4 is 14.5 Å². The predicted octanol–water partition coefficient (Wildman–Crippen LogP) is 3.64. The number of nitrogens with zero attached hydrogens (tertiary/aromatic N) is 1. The Hall–Kier alpha value is 0.527. The average molecular weight is 628 g/mol. The number of rotatable bonds is 0. The monoisotopic (exact) mass is 628 g/mol. The molecule has 0 aromatic heterocycles. The fraction of sp³-hybridized carbons (Fsp3) is 0.722. The van der Waals surface area contributed by atoms with E-state index in [1.54, 1.807) is 19.4 Å². The molecule has 0 N–H and O–H groups in total.